The van der Waals surface area contributed by atoms with Gasteiger partial charge in [-0.05, 0) is 6.42 Å². The molecular weight excluding hydrogens is 850 g/mol. The van der Waals surface area contributed by atoms with Crippen molar-refractivity contribution < 1.29 is 99.3 Å². The fourth-order valence-electron chi connectivity index (χ4n) is 5.24. The number of ether oxygens (including phenoxy) is 1. The van der Waals surface area contributed by atoms with Gasteiger partial charge in [0, 0.05) is 37.1 Å². The summed E-state index contributed by atoms with van der Waals surface area (Å²) in [6.07, 6.45) is -1.43. The molecule has 0 spiro atoms. The van der Waals surface area contributed by atoms with Crippen LogP contribution in [0.5, 0.6) is 0 Å². The summed E-state index contributed by atoms with van der Waals surface area (Å²) >= 11 is 1.13. The molecule has 9 N–H and O–H groups in total. The second kappa shape index (κ2) is 23.4. The van der Waals surface area contributed by atoms with Crippen LogP contribution in [-0.2, 0) is 50.7 Å². The van der Waals surface area contributed by atoms with Gasteiger partial charge in [0.25, 0.3) is 7.82 Å². The van der Waals surface area contributed by atoms with Crippen LogP contribution in [0.2, 0.25) is 0 Å². The van der Waals surface area contributed by atoms with Crippen LogP contribution < -0.4 is 40.1 Å². The molecule has 0 radical (unpaired) electrons. The quantitative estimate of drug-likeness (QED) is 0.0288. The monoisotopic (exact) mass is 899 g/mol. The number of amides is 2. The molecule has 0 saturated carbocycles. The van der Waals surface area contributed by atoms with E-state index in [0.29, 0.717) is 12.2 Å². The Balaban J connectivity index is 0.0000116. The van der Waals surface area contributed by atoms with Crippen molar-refractivity contribution in [2.45, 2.75) is 96.4 Å². The average Bonchev–Trinajstić information content (AvgIpc) is 3.68. The van der Waals surface area contributed by atoms with Gasteiger partial charge < -0.3 is 55.4 Å². The van der Waals surface area contributed by atoms with Gasteiger partial charge in [-0.3, -0.25) is 32.6 Å². The molecule has 2 aromatic rings. The van der Waals surface area contributed by atoms with Crippen LogP contribution in [0.1, 0.15) is 71.9 Å². The first-order valence-electron chi connectivity index (χ1n) is 17.6. The summed E-state index contributed by atoms with van der Waals surface area (Å²) in [5, 5.41) is 26.4. The normalized spacial score (nSPS) is 21.9. The molecule has 1 aliphatic rings. The molecule has 1 aliphatic heterocycles. The van der Waals surface area contributed by atoms with Crippen LogP contribution in [0.15, 0.2) is 12.7 Å². The topological polar surface area (TPSA) is 366 Å². The zero-order chi connectivity index (χ0) is 42.6. The molecule has 24 nitrogen and oxygen atoms in total. The number of nitrogens with one attached hydrogen (secondary N) is 2. The number of hydrogen-bond acceptors (Lipinski definition) is 19. The Morgan fingerprint density at radius 1 is 1.03 bits per heavy atom. The molecule has 0 aliphatic carbocycles. The van der Waals surface area contributed by atoms with E-state index in [0.717, 1.165) is 61.1 Å². The van der Waals surface area contributed by atoms with Crippen LogP contribution in [0.25, 0.3) is 11.2 Å². The Kier molecular flexibility index (Phi) is 21.1. The Hall–Kier alpha value is -1.84. The summed E-state index contributed by atoms with van der Waals surface area (Å²) in [7, 11) is -16.7. The summed E-state index contributed by atoms with van der Waals surface area (Å²) in [5.74, 6) is -1.05. The summed E-state index contributed by atoms with van der Waals surface area (Å²) < 4.78 is 61.8. The number of nitrogens with zero attached hydrogens (tertiary/aromatic N) is 4. The molecule has 2 amide bonds. The maximum Gasteiger partial charge on any atom is 1.00 e. The SMILES string of the molecule is CCCCCCCC(=O)SCCNC(=O)CCNC(=O)[C@H](O)C(C)(C)COP(=O)(O)OP(=O)(O)OC[C@H]1O[C@@H](n2cnc3c(N)ncnc32)[C@H](O)[C@@H]1OP(=O)([O-])O.[Li+]. The van der Waals surface area contributed by atoms with Gasteiger partial charge in [0.05, 0.1) is 19.5 Å². The van der Waals surface area contributed by atoms with Crippen LogP contribution in [0.4, 0.5) is 5.82 Å². The molecule has 1 fully saturated rings. The van der Waals surface area contributed by atoms with Crippen molar-refractivity contribution in [3.63, 3.8) is 0 Å². The van der Waals surface area contributed by atoms with Crippen LogP contribution >= 0.6 is 35.2 Å². The fourth-order valence-corrected chi connectivity index (χ4v) is 8.78. The number of imidazole rings is 1. The number of aliphatic hydroxyl groups is 2. The molecular formula is C29H49LiN7O17P3S. The van der Waals surface area contributed by atoms with Crippen molar-refractivity contribution in [1.82, 2.24) is 30.2 Å². The van der Waals surface area contributed by atoms with Crippen LogP contribution in [-0.4, -0.2) is 118 Å². The predicted molar refractivity (Wildman–Crippen MR) is 198 cm³/mol. The van der Waals surface area contributed by atoms with Crippen molar-refractivity contribution in [2.24, 2.45) is 5.41 Å². The van der Waals surface area contributed by atoms with Gasteiger partial charge in [-0.25, -0.2) is 24.1 Å². The minimum Gasteiger partial charge on any atom is -0.756 e. The van der Waals surface area contributed by atoms with Crippen molar-refractivity contribution in [1.29, 1.82) is 0 Å². The molecule has 0 aromatic carbocycles. The van der Waals surface area contributed by atoms with E-state index in [1.807, 2.05) is 0 Å². The third-order valence-electron chi connectivity index (χ3n) is 8.25. The fraction of sp³-hybridized carbons (Fsp3) is 0.724. The van der Waals surface area contributed by atoms with Crippen molar-refractivity contribution in [2.75, 3.05) is 37.8 Å². The van der Waals surface area contributed by atoms with Gasteiger partial charge in [-0.2, -0.15) is 4.31 Å². The maximum atomic E-state index is 12.7. The Bertz CT molecular complexity index is 1820. The third-order valence-corrected chi connectivity index (χ3v) is 12.3. The third kappa shape index (κ3) is 16.9. The molecule has 3 unspecified atom stereocenters. The van der Waals surface area contributed by atoms with E-state index in [1.54, 1.807) is 0 Å². The number of carbonyl (C=O) groups is 3. The van der Waals surface area contributed by atoms with Gasteiger partial charge in [-0.15, -0.1) is 0 Å². The van der Waals surface area contributed by atoms with Crippen LogP contribution in [0.3, 0.4) is 0 Å². The minimum atomic E-state index is -5.58. The average molecular weight is 900 g/mol. The van der Waals surface area contributed by atoms with E-state index in [2.05, 4.69) is 41.3 Å². The summed E-state index contributed by atoms with van der Waals surface area (Å²) in [5.41, 5.74) is 4.23. The van der Waals surface area contributed by atoms with Crippen molar-refractivity contribution in [3.05, 3.63) is 12.7 Å². The van der Waals surface area contributed by atoms with Gasteiger partial charge >= 0.3 is 34.5 Å². The van der Waals surface area contributed by atoms with E-state index in [1.165, 1.54) is 13.8 Å². The van der Waals surface area contributed by atoms with Crippen molar-refractivity contribution >= 4 is 69.1 Å². The number of rotatable bonds is 25. The number of carbonyl (C=O) groups excluding carboxylic acids is 3. The maximum absolute atomic E-state index is 12.7. The first-order chi connectivity index (χ1) is 26.6. The number of unbranched alkanes of at least 4 members (excludes halogenated alkanes) is 4. The van der Waals surface area contributed by atoms with E-state index < -0.39 is 84.6 Å². The molecule has 58 heavy (non-hydrogen) atoms. The van der Waals surface area contributed by atoms with Crippen molar-refractivity contribution in [3.8, 4) is 0 Å². The van der Waals surface area contributed by atoms with E-state index >= 15 is 0 Å². The molecule has 3 heterocycles. The van der Waals surface area contributed by atoms with Crippen LogP contribution in [0, 0.1) is 5.41 Å². The number of hydrogen-bond donors (Lipinski definition) is 8. The molecule has 2 aromatic heterocycles. The first kappa shape index (κ1) is 52.3. The number of aromatic nitrogens is 4. The second-order valence-corrected chi connectivity index (χ2v) is 18.8. The molecule has 8 atom stereocenters. The number of aliphatic hydroxyl groups excluding tert-OH is 2. The zero-order valence-corrected chi connectivity index (χ0v) is 35.8. The Labute approximate surface area is 349 Å². The number of nitrogen functional groups attached to an aromatic ring is 1. The molecule has 1 saturated heterocycles. The first-order valence-corrected chi connectivity index (χ1v) is 23.1. The number of phosphoric ester groups is 3. The summed E-state index contributed by atoms with van der Waals surface area (Å²) in [4.78, 5) is 89.6. The van der Waals surface area contributed by atoms with Gasteiger partial charge in [-0.1, -0.05) is 58.2 Å². The van der Waals surface area contributed by atoms with E-state index in [-0.39, 0.29) is 60.5 Å². The number of fused-ring (bicyclic) bond motifs is 1. The number of nitrogens with two attached hydrogens (primary N) is 1. The van der Waals surface area contributed by atoms with E-state index in [4.69, 9.17) is 19.5 Å². The predicted octanol–water partition coefficient (Wildman–Crippen LogP) is -2.60. The van der Waals surface area contributed by atoms with Gasteiger partial charge in [0.2, 0.25) is 11.8 Å². The number of thioether (sulfide) groups is 1. The zero-order valence-electron chi connectivity index (χ0n) is 32.3. The largest absolute Gasteiger partial charge is 1.00 e. The Morgan fingerprint density at radius 3 is 2.38 bits per heavy atom. The van der Waals surface area contributed by atoms with Gasteiger partial charge in [0.15, 0.2) is 22.8 Å². The smallest absolute Gasteiger partial charge is 0.756 e. The summed E-state index contributed by atoms with van der Waals surface area (Å²) in [6.45, 7) is 2.62. The molecule has 0 bridgehead atoms. The summed E-state index contributed by atoms with van der Waals surface area (Å²) in [6, 6.07) is 0. The Morgan fingerprint density at radius 2 is 1.71 bits per heavy atom. The van der Waals surface area contributed by atoms with E-state index in [9.17, 15) is 57.9 Å². The molecule has 29 heteroatoms. The van der Waals surface area contributed by atoms with Gasteiger partial charge in [0.1, 0.15) is 36.3 Å². The molecule has 324 valence electrons. The molecule has 3 rings (SSSR count). The number of anilines is 1. The number of phosphoric acid groups is 3. The second-order valence-electron chi connectivity index (χ2n) is 13.4. The standard InChI is InChI=1S/C29H50N7O17P3S.Li/c1-4-5-6-7-8-9-20(38)57-13-12-31-19(37)10-11-32-27(41)24(40)29(2,3)15-50-56(47,48)53-55(45,46)49-14-18-23(52-54(42,43)44)22(39)28(51-18)36-17-35-21-25(30)33-16-34-26(21)36;/h16-18,22-24,28,39-40H,4-15H2,1-3H3,(H,31,37)(H,32,41)(H,45,46)(H,47,48)(H2,30,33,34)(H2,42,43,44);/q;+1/p-1/t18-,22-,23-,24+,28-;/m1./s1. The minimum absolute atomic E-state index is 0.